The first-order valence-electron chi connectivity index (χ1n) is 7.13. The summed E-state index contributed by atoms with van der Waals surface area (Å²) in [5.74, 6) is 1.36. The van der Waals surface area contributed by atoms with Gasteiger partial charge >= 0.3 is 0 Å². The SMILES string of the molecule is CCc1ccc(OC)c(C(C)Nc2ncc(C=O)cc2Cl)c1. The molecule has 22 heavy (non-hydrogen) atoms. The Morgan fingerprint density at radius 1 is 1.41 bits per heavy atom. The highest BCUT2D eigenvalue weighted by Crippen LogP contribution is 2.30. The first kappa shape index (κ1) is 16.3. The van der Waals surface area contributed by atoms with E-state index in [0.29, 0.717) is 16.4 Å². The third kappa shape index (κ3) is 3.57. The van der Waals surface area contributed by atoms with Crippen molar-refractivity contribution in [2.45, 2.75) is 26.3 Å². The maximum Gasteiger partial charge on any atom is 0.151 e. The van der Waals surface area contributed by atoms with E-state index in [1.165, 1.54) is 11.8 Å². The van der Waals surface area contributed by atoms with Gasteiger partial charge in [-0.15, -0.1) is 0 Å². The molecule has 0 fully saturated rings. The molecule has 0 saturated heterocycles. The Kier molecular flexibility index (Phi) is 5.39. The van der Waals surface area contributed by atoms with Gasteiger partial charge in [0.25, 0.3) is 0 Å². The average Bonchev–Trinajstić information content (AvgIpc) is 2.55. The maximum absolute atomic E-state index is 10.7. The van der Waals surface area contributed by atoms with E-state index >= 15 is 0 Å². The van der Waals surface area contributed by atoms with Crippen molar-refractivity contribution in [2.24, 2.45) is 0 Å². The molecular formula is C17H19ClN2O2. The van der Waals surface area contributed by atoms with Crippen LogP contribution in [0.15, 0.2) is 30.5 Å². The number of aldehydes is 1. The molecule has 0 radical (unpaired) electrons. The van der Waals surface area contributed by atoms with Crippen molar-refractivity contribution in [3.05, 3.63) is 52.2 Å². The number of ether oxygens (including phenoxy) is 1. The second-order valence-corrected chi connectivity index (χ2v) is 5.42. The van der Waals surface area contributed by atoms with Crippen LogP contribution in [0.25, 0.3) is 0 Å². The minimum atomic E-state index is -0.0338. The number of carbonyl (C=O) groups is 1. The summed E-state index contributed by atoms with van der Waals surface area (Å²) in [7, 11) is 1.65. The summed E-state index contributed by atoms with van der Waals surface area (Å²) >= 11 is 6.16. The number of methoxy groups -OCH3 is 1. The van der Waals surface area contributed by atoms with Crippen molar-refractivity contribution >= 4 is 23.7 Å². The topological polar surface area (TPSA) is 51.2 Å². The van der Waals surface area contributed by atoms with Crippen LogP contribution in [0.4, 0.5) is 5.82 Å². The minimum absolute atomic E-state index is 0.0338. The lowest BCUT2D eigenvalue weighted by molar-refractivity contribution is 0.112. The summed E-state index contributed by atoms with van der Waals surface area (Å²) in [6.07, 6.45) is 3.17. The number of benzene rings is 1. The van der Waals surface area contributed by atoms with Crippen LogP contribution in [0.2, 0.25) is 5.02 Å². The van der Waals surface area contributed by atoms with Gasteiger partial charge in [-0.3, -0.25) is 4.79 Å². The summed E-state index contributed by atoms with van der Waals surface area (Å²) in [6.45, 7) is 4.13. The van der Waals surface area contributed by atoms with E-state index < -0.39 is 0 Å². The number of pyridine rings is 1. The normalized spacial score (nSPS) is 11.8. The summed E-state index contributed by atoms with van der Waals surface area (Å²) in [6, 6.07) is 7.70. The van der Waals surface area contributed by atoms with Gasteiger partial charge in [-0.1, -0.05) is 30.7 Å². The zero-order valence-corrected chi connectivity index (χ0v) is 13.6. The number of nitrogens with zero attached hydrogens (tertiary/aromatic N) is 1. The molecule has 0 saturated carbocycles. The van der Waals surface area contributed by atoms with Gasteiger partial charge in [-0.05, 0) is 31.0 Å². The highest BCUT2D eigenvalue weighted by molar-refractivity contribution is 6.33. The van der Waals surface area contributed by atoms with Crippen molar-refractivity contribution < 1.29 is 9.53 Å². The molecule has 1 atom stereocenters. The Morgan fingerprint density at radius 3 is 2.77 bits per heavy atom. The fourth-order valence-electron chi connectivity index (χ4n) is 2.25. The van der Waals surface area contributed by atoms with Crippen LogP contribution >= 0.6 is 11.6 Å². The number of carbonyl (C=O) groups excluding carboxylic acids is 1. The van der Waals surface area contributed by atoms with Crippen LogP contribution < -0.4 is 10.1 Å². The number of nitrogens with one attached hydrogen (secondary N) is 1. The van der Waals surface area contributed by atoms with Crippen molar-refractivity contribution in [3.63, 3.8) is 0 Å². The second kappa shape index (κ2) is 7.27. The molecule has 0 bridgehead atoms. The molecule has 2 aromatic rings. The van der Waals surface area contributed by atoms with Gasteiger partial charge in [-0.25, -0.2) is 4.98 Å². The molecule has 0 spiro atoms. The van der Waals surface area contributed by atoms with Gasteiger partial charge in [0.15, 0.2) is 6.29 Å². The molecule has 0 aliphatic rings. The van der Waals surface area contributed by atoms with Gasteiger partial charge in [0, 0.05) is 17.3 Å². The molecule has 1 unspecified atom stereocenters. The highest BCUT2D eigenvalue weighted by atomic mass is 35.5. The van der Waals surface area contributed by atoms with E-state index in [0.717, 1.165) is 24.0 Å². The van der Waals surface area contributed by atoms with E-state index in [1.54, 1.807) is 13.2 Å². The van der Waals surface area contributed by atoms with Crippen LogP contribution in [-0.2, 0) is 6.42 Å². The molecule has 4 nitrogen and oxygen atoms in total. The number of halogens is 1. The third-order valence-corrected chi connectivity index (χ3v) is 3.81. The Balaban J connectivity index is 2.28. The van der Waals surface area contributed by atoms with Gasteiger partial charge in [0.2, 0.25) is 0 Å². The Hall–Kier alpha value is -2.07. The fourth-order valence-corrected chi connectivity index (χ4v) is 2.48. The molecule has 2 rings (SSSR count). The number of aromatic nitrogens is 1. The average molecular weight is 319 g/mol. The number of aryl methyl sites for hydroxylation is 1. The van der Waals surface area contributed by atoms with Gasteiger partial charge in [0.1, 0.15) is 11.6 Å². The van der Waals surface area contributed by atoms with E-state index in [9.17, 15) is 4.79 Å². The minimum Gasteiger partial charge on any atom is -0.496 e. The van der Waals surface area contributed by atoms with Crippen LogP contribution in [-0.4, -0.2) is 18.4 Å². The van der Waals surface area contributed by atoms with E-state index in [2.05, 4.69) is 29.4 Å². The Morgan fingerprint density at radius 2 is 2.18 bits per heavy atom. The van der Waals surface area contributed by atoms with E-state index in [-0.39, 0.29) is 6.04 Å². The molecule has 1 aromatic heterocycles. The van der Waals surface area contributed by atoms with Gasteiger partial charge in [0.05, 0.1) is 18.2 Å². The molecule has 116 valence electrons. The first-order valence-corrected chi connectivity index (χ1v) is 7.50. The monoisotopic (exact) mass is 318 g/mol. The molecule has 1 N–H and O–H groups in total. The number of hydrogen-bond acceptors (Lipinski definition) is 4. The number of anilines is 1. The van der Waals surface area contributed by atoms with Crippen molar-refractivity contribution in [1.82, 2.24) is 4.98 Å². The second-order valence-electron chi connectivity index (χ2n) is 5.01. The van der Waals surface area contributed by atoms with E-state index in [1.807, 2.05) is 13.0 Å². The zero-order valence-electron chi connectivity index (χ0n) is 12.9. The highest BCUT2D eigenvalue weighted by Gasteiger charge is 2.14. The first-order chi connectivity index (χ1) is 10.6. The molecule has 0 aliphatic carbocycles. The lowest BCUT2D eigenvalue weighted by Gasteiger charge is -2.19. The molecule has 5 heteroatoms. The van der Waals surface area contributed by atoms with Crippen molar-refractivity contribution in [1.29, 1.82) is 0 Å². The number of hydrogen-bond donors (Lipinski definition) is 1. The summed E-state index contributed by atoms with van der Waals surface area (Å²) in [5.41, 5.74) is 2.73. The van der Waals surface area contributed by atoms with Crippen LogP contribution in [0.1, 0.15) is 41.4 Å². The Labute approximate surface area is 135 Å². The van der Waals surface area contributed by atoms with Crippen LogP contribution in [0, 0.1) is 0 Å². The molecule has 1 aromatic carbocycles. The summed E-state index contributed by atoms with van der Waals surface area (Å²) in [4.78, 5) is 14.9. The molecular weight excluding hydrogens is 300 g/mol. The number of rotatable bonds is 6. The van der Waals surface area contributed by atoms with Crippen molar-refractivity contribution in [2.75, 3.05) is 12.4 Å². The maximum atomic E-state index is 10.7. The molecule has 0 amide bonds. The largest absolute Gasteiger partial charge is 0.496 e. The van der Waals surface area contributed by atoms with Gasteiger partial charge < -0.3 is 10.1 Å². The van der Waals surface area contributed by atoms with Crippen molar-refractivity contribution in [3.8, 4) is 5.75 Å². The molecule has 1 heterocycles. The lowest BCUT2D eigenvalue weighted by atomic mass is 10.0. The molecule has 0 aliphatic heterocycles. The standard InChI is InChI=1S/C17H19ClN2O2/c1-4-12-5-6-16(22-3)14(7-12)11(2)20-17-15(18)8-13(10-21)9-19-17/h5-11H,4H2,1-3H3,(H,19,20). The summed E-state index contributed by atoms with van der Waals surface area (Å²) in [5, 5.41) is 3.68. The lowest BCUT2D eigenvalue weighted by Crippen LogP contribution is -2.10. The smallest absolute Gasteiger partial charge is 0.151 e. The zero-order chi connectivity index (χ0) is 16.1. The van der Waals surface area contributed by atoms with Crippen LogP contribution in [0.5, 0.6) is 5.75 Å². The fraction of sp³-hybridized carbons (Fsp3) is 0.294. The third-order valence-electron chi connectivity index (χ3n) is 3.52. The Bertz CT molecular complexity index is 674. The summed E-state index contributed by atoms with van der Waals surface area (Å²) < 4.78 is 5.43. The van der Waals surface area contributed by atoms with Gasteiger partial charge in [-0.2, -0.15) is 0 Å². The predicted molar refractivity (Wildman–Crippen MR) is 89.0 cm³/mol. The van der Waals surface area contributed by atoms with E-state index in [4.69, 9.17) is 16.3 Å². The van der Waals surface area contributed by atoms with Crippen LogP contribution in [0.3, 0.4) is 0 Å². The predicted octanol–water partition coefficient (Wildman–Crippen LogP) is 4.29. The quantitative estimate of drug-likeness (QED) is 0.807.